The summed E-state index contributed by atoms with van der Waals surface area (Å²) in [7, 11) is 0. The predicted molar refractivity (Wildman–Crippen MR) is 118 cm³/mol. The molecule has 0 aliphatic carbocycles. The van der Waals surface area contributed by atoms with Gasteiger partial charge in [-0.15, -0.1) is 22.7 Å². The molecule has 0 bridgehead atoms. The summed E-state index contributed by atoms with van der Waals surface area (Å²) in [5.74, 6) is -0.0256. The van der Waals surface area contributed by atoms with Crippen LogP contribution in [0.15, 0.2) is 48.0 Å². The van der Waals surface area contributed by atoms with Crippen LogP contribution in [0.2, 0.25) is 5.02 Å². The highest BCUT2D eigenvalue weighted by Crippen LogP contribution is 2.29. The van der Waals surface area contributed by atoms with Crippen LogP contribution in [-0.2, 0) is 0 Å². The zero-order chi connectivity index (χ0) is 20.2. The molecule has 0 atom stereocenters. The van der Waals surface area contributed by atoms with Crippen molar-refractivity contribution in [3.63, 3.8) is 0 Å². The van der Waals surface area contributed by atoms with E-state index in [0.717, 1.165) is 16.3 Å². The molecular formula is C20H19ClN4O2S2. The Morgan fingerprint density at radius 2 is 1.90 bits per heavy atom. The number of carbonyl (C=O) groups is 2. The Morgan fingerprint density at radius 1 is 1.07 bits per heavy atom. The Morgan fingerprint density at radius 3 is 2.69 bits per heavy atom. The van der Waals surface area contributed by atoms with E-state index in [1.54, 1.807) is 51.6 Å². The molecule has 3 heterocycles. The van der Waals surface area contributed by atoms with Crippen LogP contribution >= 0.6 is 34.3 Å². The van der Waals surface area contributed by atoms with Crippen LogP contribution in [0.25, 0.3) is 9.88 Å². The number of rotatable bonds is 3. The first-order chi connectivity index (χ1) is 14.1. The van der Waals surface area contributed by atoms with E-state index < -0.39 is 0 Å². The van der Waals surface area contributed by atoms with Gasteiger partial charge in [-0.1, -0.05) is 23.7 Å². The third-order valence-corrected chi connectivity index (χ3v) is 6.85. The number of halogens is 1. The highest BCUT2D eigenvalue weighted by molar-refractivity contribution is 7.21. The molecule has 1 aromatic carbocycles. The fourth-order valence-electron chi connectivity index (χ4n) is 3.14. The molecule has 0 unspecified atom stereocenters. The topological polar surface area (TPSA) is 65.5 Å². The van der Waals surface area contributed by atoms with Crippen LogP contribution in [0.4, 0.5) is 10.5 Å². The molecule has 150 valence electrons. The van der Waals surface area contributed by atoms with Crippen molar-refractivity contribution in [3.05, 3.63) is 57.9 Å². The van der Waals surface area contributed by atoms with Crippen molar-refractivity contribution >= 4 is 51.9 Å². The second kappa shape index (κ2) is 8.94. The van der Waals surface area contributed by atoms with Gasteiger partial charge >= 0.3 is 6.03 Å². The van der Waals surface area contributed by atoms with Crippen molar-refractivity contribution in [3.8, 4) is 9.88 Å². The van der Waals surface area contributed by atoms with Crippen molar-refractivity contribution in [2.75, 3.05) is 31.5 Å². The molecule has 0 spiro atoms. The normalized spacial score (nSPS) is 14.5. The number of thiophene rings is 1. The second-order valence-electron chi connectivity index (χ2n) is 6.58. The summed E-state index contributed by atoms with van der Waals surface area (Å²) >= 11 is 8.99. The van der Waals surface area contributed by atoms with Crippen molar-refractivity contribution in [1.29, 1.82) is 0 Å². The Hall–Kier alpha value is -2.42. The molecule has 29 heavy (non-hydrogen) atoms. The van der Waals surface area contributed by atoms with E-state index in [0.29, 0.717) is 41.8 Å². The lowest BCUT2D eigenvalue weighted by atomic mass is 10.3. The van der Waals surface area contributed by atoms with Crippen LogP contribution in [0.1, 0.15) is 16.1 Å². The van der Waals surface area contributed by atoms with E-state index in [4.69, 9.17) is 11.6 Å². The van der Waals surface area contributed by atoms with Gasteiger partial charge in [-0.2, -0.15) is 0 Å². The molecule has 9 heteroatoms. The Kier molecular flexibility index (Phi) is 6.13. The third-order valence-electron chi connectivity index (χ3n) is 4.59. The first kappa shape index (κ1) is 19.9. The molecule has 1 aliphatic rings. The minimum Gasteiger partial charge on any atom is -0.336 e. The maximum absolute atomic E-state index is 12.9. The fraction of sp³-hybridized carbons (Fsp3) is 0.250. The maximum Gasteiger partial charge on any atom is 0.321 e. The summed E-state index contributed by atoms with van der Waals surface area (Å²) in [5.41, 5.74) is 0.658. The first-order valence-corrected chi connectivity index (χ1v) is 11.3. The number of nitrogens with zero attached hydrogens (tertiary/aromatic N) is 3. The van der Waals surface area contributed by atoms with E-state index >= 15 is 0 Å². The van der Waals surface area contributed by atoms with Gasteiger partial charge in [0.05, 0.1) is 11.1 Å². The highest BCUT2D eigenvalue weighted by Gasteiger charge is 2.24. The Balaban J connectivity index is 1.37. The predicted octanol–water partition coefficient (Wildman–Crippen LogP) is 4.91. The summed E-state index contributed by atoms with van der Waals surface area (Å²) in [5, 5.41) is 6.30. The maximum atomic E-state index is 12.9. The fourth-order valence-corrected chi connectivity index (χ4v) is 5.01. The molecule has 2 aromatic heterocycles. The number of aromatic nitrogens is 1. The smallest absolute Gasteiger partial charge is 0.321 e. The molecule has 0 radical (unpaired) electrons. The van der Waals surface area contributed by atoms with Crippen LogP contribution < -0.4 is 5.32 Å². The number of hydrogen-bond acceptors (Lipinski definition) is 5. The average Bonchev–Trinajstić information content (AvgIpc) is 3.35. The number of benzene rings is 1. The van der Waals surface area contributed by atoms with E-state index in [1.165, 1.54) is 11.3 Å². The van der Waals surface area contributed by atoms with Crippen LogP contribution in [-0.4, -0.2) is 52.9 Å². The zero-order valence-corrected chi connectivity index (χ0v) is 17.9. The lowest BCUT2D eigenvalue weighted by Crippen LogP contribution is -2.39. The number of amides is 3. The van der Waals surface area contributed by atoms with Gasteiger partial charge in [0.15, 0.2) is 0 Å². The molecule has 6 nitrogen and oxygen atoms in total. The van der Waals surface area contributed by atoms with E-state index in [2.05, 4.69) is 10.3 Å². The average molecular weight is 447 g/mol. The van der Waals surface area contributed by atoms with Crippen molar-refractivity contribution in [1.82, 2.24) is 14.8 Å². The van der Waals surface area contributed by atoms with Crippen LogP contribution in [0.5, 0.6) is 0 Å². The molecule has 4 rings (SSSR count). The lowest BCUT2D eigenvalue weighted by Gasteiger charge is -2.22. The number of thiazole rings is 1. The quantitative estimate of drug-likeness (QED) is 0.621. The molecule has 3 aromatic rings. The van der Waals surface area contributed by atoms with Gasteiger partial charge in [0, 0.05) is 36.9 Å². The van der Waals surface area contributed by atoms with Gasteiger partial charge < -0.3 is 15.1 Å². The summed E-state index contributed by atoms with van der Waals surface area (Å²) in [6.07, 6.45) is 2.38. The SMILES string of the molecule is O=C(Nc1cccc(Cl)c1)N1CCCN(C(=O)c2cnc(-c3cccs3)s2)CC1. The molecule has 0 saturated carbocycles. The minimum absolute atomic E-state index is 0.0256. The first-order valence-electron chi connectivity index (χ1n) is 9.20. The van der Waals surface area contributed by atoms with Crippen molar-refractivity contribution in [2.24, 2.45) is 0 Å². The van der Waals surface area contributed by atoms with Crippen LogP contribution in [0, 0.1) is 0 Å². The monoisotopic (exact) mass is 446 g/mol. The molecule has 1 N–H and O–H groups in total. The Labute approximate surface area is 181 Å². The molecule has 1 saturated heterocycles. The summed E-state index contributed by atoms with van der Waals surface area (Å²) in [6, 6.07) is 10.9. The van der Waals surface area contributed by atoms with Gasteiger partial charge in [0.2, 0.25) is 0 Å². The lowest BCUT2D eigenvalue weighted by molar-refractivity contribution is 0.0767. The molecule has 3 amide bonds. The Bertz CT molecular complexity index is 1010. The van der Waals surface area contributed by atoms with Gasteiger partial charge in [0.1, 0.15) is 9.88 Å². The standard InChI is InChI=1S/C20H19ClN4O2S2/c21-14-4-1-5-15(12-14)23-20(27)25-8-3-7-24(9-10-25)19(26)17-13-22-18(29-17)16-6-2-11-28-16/h1-2,4-6,11-13H,3,7-10H2,(H,23,27). The van der Waals surface area contributed by atoms with Crippen molar-refractivity contribution in [2.45, 2.75) is 6.42 Å². The number of urea groups is 1. The number of hydrogen-bond donors (Lipinski definition) is 1. The van der Waals surface area contributed by atoms with Gasteiger partial charge in [-0.25, -0.2) is 9.78 Å². The molecule has 1 fully saturated rings. The van der Waals surface area contributed by atoms with E-state index in [-0.39, 0.29) is 11.9 Å². The van der Waals surface area contributed by atoms with Gasteiger partial charge in [-0.3, -0.25) is 4.79 Å². The van der Waals surface area contributed by atoms with E-state index in [1.807, 2.05) is 17.5 Å². The van der Waals surface area contributed by atoms with Crippen molar-refractivity contribution < 1.29 is 9.59 Å². The largest absolute Gasteiger partial charge is 0.336 e. The van der Waals surface area contributed by atoms with Gasteiger partial charge in [-0.05, 0) is 36.1 Å². The summed E-state index contributed by atoms with van der Waals surface area (Å²) in [6.45, 7) is 2.19. The summed E-state index contributed by atoms with van der Waals surface area (Å²) < 4.78 is 0. The van der Waals surface area contributed by atoms with Gasteiger partial charge in [0.25, 0.3) is 5.91 Å². The van der Waals surface area contributed by atoms with E-state index in [9.17, 15) is 9.59 Å². The minimum atomic E-state index is -0.181. The number of anilines is 1. The molecule has 1 aliphatic heterocycles. The third kappa shape index (κ3) is 4.77. The molecular weight excluding hydrogens is 428 g/mol. The number of nitrogens with one attached hydrogen (secondary N) is 1. The second-order valence-corrected chi connectivity index (χ2v) is 9.00. The number of carbonyl (C=O) groups excluding carboxylic acids is 2. The highest BCUT2D eigenvalue weighted by atomic mass is 35.5. The summed E-state index contributed by atoms with van der Waals surface area (Å²) in [4.78, 5) is 35.1. The van der Waals surface area contributed by atoms with Crippen LogP contribution in [0.3, 0.4) is 0 Å². The zero-order valence-electron chi connectivity index (χ0n) is 15.5.